The molecular formula is C11H12F2S. The Morgan fingerprint density at radius 3 is 2.36 bits per heavy atom. The molecule has 0 aliphatic carbocycles. The smallest absolute Gasteiger partial charge is 0.172 e. The molecule has 0 nitrogen and oxygen atoms in total. The van der Waals surface area contributed by atoms with E-state index in [1.165, 1.54) is 0 Å². The molecule has 0 N–H and O–H groups in total. The van der Waals surface area contributed by atoms with Crippen LogP contribution in [0.2, 0.25) is 0 Å². The van der Waals surface area contributed by atoms with Gasteiger partial charge in [-0.05, 0) is 18.6 Å². The van der Waals surface area contributed by atoms with Crippen molar-refractivity contribution in [2.75, 3.05) is 0 Å². The zero-order valence-electron chi connectivity index (χ0n) is 7.97. The fourth-order valence-corrected chi connectivity index (χ4v) is 2.00. The zero-order chi connectivity index (χ0) is 10.4. The van der Waals surface area contributed by atoms with Crippen molar-refractivity contribution in [3.63, 3.8) is 0 Å². The number of halogens is 2. The average molecular weight is 214 g/mol. The predicted molar refractivity (Wildman–Crippen MR) is 56.4 cm³/mol. The molecule has 0 radical (unpaired) electrons. The highest BCUT2D eigenvalue weighted by Crippen LogP contribution is 2.32. The van der Waals surface area contributed by atoms with Gasteiger partial charge in [0, 0.05) is 4.90 Å². The zero-order valence-corrected chi connectivity index (χ0v) is 8.78. The lowest BCUT2D eigenvalue weighted by Crippen LogP contribution is -1.80. The monoisotopic (exact) mass is 214 g/mol. The van der Waals surface area contributed by atoms with Gasteiger partial charge in [-0.2, -0.15) is 8.78 Å². The fourth-order valence-electron chi connectivity index (χ4n) is 1.04. The van der Waals surface area contributed by atoms with Gasteiger partial charge in [-0.3, -0.25) is 0 Å². The summed E-state index contributed by atoms with van der Waals surface area (Å²) in [6.07, 6.45) is -0.366. The molecule has 0 fully saturated rings. The summed E-state index contributed by atoms with van der Waals surface area (Å²) in [7, 11) is 0. The Kier molecular flexibility index (Phi) is 4.66. The third kappa shape index (κ3) is 3.50. The average Bonchev–Trinajstić information content (AvgIpc) is 2.18. The summed E-state index contributed by atoms with van der Waals surface area (Å²) in [4.78, 5) is 1.04. The molecule has 0 spiro atoms. The third-order valence-corrected chi connectivity index (χ3v) is 2.78. The summed E-state index contributed by atoms with van der Waals surface area (Å²) in [5.41, 5.74) is 0. The van der Waals surface area contributed by atoms with Gasteiger partial charge in [-0.1, -0.05) is 43.3 Å². The van der Waals surface area contributed by atoms with Crippen LogP contribution in [0.25, 0.3) is 0 Å². The van der Waals surface area contributed by atoms with Crippen LogP contribution in [0.15, 0.2) is 46.2 Å². The van der Waals surface area contributed by atoms with Gasteiger partial charge >= 0.3 is 0 Å². The topological polar surface area (TPSA) is 0 Å². The number of hydrogen-bond acceptors (Lipinski definition) is 1. The quantitative estimate of drug-likeness (QED) is 0.655. The van der Waals surface area contributed by atoms with Crippen molar-refractivity contribution < 1.29 is 8.78 Å². The number of allylic oxidation sites excluding steroid dienone is 1. The minimum absolute atomic E-state index is 0.179. The number of benzene rings is 1. The lowest BCUT2D eigenvalue weighted by molar-refractivity contribution is 0.414. The molecule has 0 atom stereocenters. The minimum atomic E-state index is -1.55. The lowest BCUT2D eigenvalue weighted by Gasteiger charge is -2.03. The summed E-state index contributed by atoms with van der Waals surface area (Å²) >= 11 is 1.15. The number of rotatable bonds is 4. The van der Waals surface area contributed by atoms with Crippen LogP contribution in [0.4, 0.5) is 8.78 Å². The molecule has 0 amide bonds. The summed E-state index contributed by atoms with van der Waals surface area (Å²) in [5, 5.41) is 0. The van der Waals surface area contributed by atoms with Gasteiger partial charge in [0.2, 0.25) is 0 Å². The van der Waals surface area contributed by atoms with E-state index in [-0.39, 0.29) is 4.91 Å². The Hall–Kier alpha value is -0.830. The standard InChI is InChI=1S/C11H12F2S/c1-2-6-10(11(12)13)14-9-7-4-3-5-8-9/h3-5,7-8H,2,6H2,1H3. The molecule has 1 aromatic carbocycles. The molecule has 1 aromatic rings. The van der Waals surface area contributed by atoms with Gasteiger partial charge < -0.3 is 0 Å². The highest BCUT2D eigenvalue weighted by molar-refractivity contribution is 8.03. The molecule has 0 saturated carbocycles. The van der Waals surface area contributed by atoms with Gasteiger partial charge in [0.1, 0.15) is 0 Å². The second-order valence-corrected chi connectivity index (χ2v) is 4.02. The van der Waals surface area contributed by atoms with Crippen molar-refractivity contribution in [1.29, 1.82) is 0 Å². The van der Waals surface area contributed by atoms with E-state index in [0.29, 0.717) is 6.42 Å². The lowest BCUT2D eigenvalue weighted by atomic mass is 10.3. The van der Waals surface area contributed by atoms with Crippen molar-refractivity contribution in [3.8, 4) is 0 Å². The molecule has 0 aromatic heterocycles. The Morgan fingerprint density at radius 1 is 1.21 bits per heavy atom. The third-order valence-electron chi connectivity index (χ3n) is 1.67. The van der Waals surface area contributed by atoms with Gasteiger partial charge in [0.25, 0.3) is 6.08 Å². The van der Waals surface area contributed by atoms with Gasteiger partial charge in [-0.25, -0.2) is 0 Å². The Balaban J connectivity index is 2.71. The predicted octanol–water partition coefficient (Wildman–Crippen LogP) is 4.69. The molecule has 0 heterocycles. The second-order valence-electron chi connectivity index (χ2n) is 2.85. The van der Waals surface area contributed by atoms with Crippen LogP contribution in [-0.4, -0.2) is 0 Å². The first-order valence-corrected chi connectivity index (χ1v) is 5.32. The Morgan fingerprint density at radius 2 is 1.86 bits per heavy atom. The normalized spacial score (nSPS) is 9.93. The maximum absolute atomic E-state index is 12.4. The fraction of sp³-hybridized carbons (Fsp3) is 0.273. The van der Waals surface area contributed by atoms with E-state index in [0.717, 1.165) is 23.1 Å². The van der Waals surface area contributed by atoms with E-state index in [1.807, 2.05) is 37.3 Å². The molecule has 0 aliphatic heterocycles. The van der Waals surface area contributed by atoms with Crippen LogP contribution >= 0.6 is 11.8 Å². The largest absolute Gasteiger partial charge is 0.280 e. The Bertz CT molecular complexity index is 302. The first-order chi connectivity index (χ1) is 6.74. The maximum atomic E-state index is 12.4. The van der Waals surface area contributed by atoms with E-state index in [9.17, 15) is 8.78 Å². The first kappa shape index (κ1) is 11.2. The van der Waals surface area contributed by atoms with Crippen LogP contribution in [0.5, 0.6) is 0 Å². The molecule has 0 unspecified atom stereocenters. The van der Waals surface area contributed by atoms with E-state index in [2.05, 4.69) is 0 Å². The van der Waals surface area contributed by atoms with Crippen LogP contribution in [0.3, 0.4) is 0 Å². The molecule has 76 valence electrons. The SMILES string of the molecule is CCCC(Sc1ccccc1)=C(F)F. The molecule has 0 saturated heterocycles. The molecular weight excluding hydrogens is 202 g/mol. The van der Waals surface area contributed by atoms with Crippen LogP contribution in [0.1, 0.15) is 19.8 Å². The Labute approximate surface area is 87.0 Å². The van der Waals surface area contributed by atoms with Crippen molar-refractivity contribution in [2.24, 2.45) is 0 Å². The van der Waals surface area contributed by atoms with Crippen molar-refractivity contribution in [2.45, 2.75) is 24.7 Å². The number of thioether (sulfide) groups is 1. The summed E-state index contributed by atoms with van der Waals surface area (Å²) in [6, 6.07) is 9.25. The molecule has 1 rings (SSSR count). The van der Waals surface area contributed by atoms with E-state index in [1.54, 1.807) is 0 Å². The molecule has 0 bridgehead atoms. The van der Waals surface area contributed by atoms with Crippen LogP contribution in [-0.2, 0) is 0 Å². The first-order valence-electron chi connectivity index (χ1n) is 4.51. The summed E-state index contributed by atoms with van der Waals surface area (Å²) < 4.78 is 24.9. The maximum Gasteiger partial charge on any atom is 0.280 e. The summed E-state index contributed by atoms with van der Waals surface area (Å²) in [6.45, 7) is 1.90. The van der Waals surface area contributed by atoms with Crippen molar-refractivity contribution >= 4 is 11.8 Å². The second kappa shape index (κ2) is 5.81. The van der Waals surface area contributed by atoms with E-state index < -0.39 is 6.08 Å². The molecule has 14 heavy (non-hydrogen) atoms. The highest BCUT2D eigenvalue weighted by atomic mass is 32.2. The molecule has 0 aliphatic rings. The number of hydrogen-bond donors (Lipinski definition) is 0. The highest BCUT2D eigenvalue weighted by Gasteiger charge is 2.06. The van der Waals surface area contributed by atoms with E-state index in [4.69, 9.17) is 0 Å². The van der Waals surface area contributed by atoms with Gasteiger partial charge in [-0.15, -0.1) is 0 Å². The van der Waals surface area contributed by atoms with Gasteiger partial charge in [0.15, 0.2) is 0 Å². The molecule has 3 heteroatoms. The minimum Gasteiger partial charge on any atom is -0.172 e. The van der Waals surface area contributed by atoms with E-state index >= 15 is 0 Å². The van der Waals surface area contributed by atoms with Crippen molar-refractivity contribution in [3.05, 3.63) is 41.3 Å². The van der Waals surface area contributed by atoms with Crippen LogP contribution in [0, 0.1) is 0 Å². The summed E-state index contributed by atoms with van der Waals surface area (Å²) in [5.74, 6) is 0. The van der Waals surface area contributed by atoms with Crippen LogP contribution < -0.4 is 0 Å². The van der Waals surface area contributed by atoms with Crippen molar-refractivity contribution in [1.82, 2.24) is 0 Å². The van der Waals surface area contributed by atoms with Gasteiger partial charge in [0.05, 0.1) is 4.91 Å².